The molecule has 1 aliphatic heterocycles. The van der Waals surface area contributed by atoms with Crippen LogP contribution in [0.3, 0.4) is 0 Å². The lowest BCUT2D eigenvalue weighted by Gasteiger charge is -2.21. The number of amides is 1. The summed E-state index contributed by atoms with van der Waals surface area (Å²) in [5, 5.41) is 2.68. The Labute approximate surface area is 103 Å². The van der Waals surface area contributed by atoms with Gasteiger partial charge in [-0.1, -0.05) is 0 Å². The smallest absolute Gasteiger partial charge is 0.223 e. The number of hydrogen-bond donors (Lipinski definition) is 1. The maximum atomic E-state index is 13.0. The molecule has 3 nitrogen and oxygen atoms in total. The van der Waals surface area contributed by atoms with Crippen molar-refractivity contribution in [3.63, 3.8) is 0 Å². The van der Waals surface area contributed by atoms with E-state index in [9.17, 15) is 18.4 Å². The normalized spacial score (nSPS) is 19.4. The fourth-order valence-electron chi connectivity index (χ4n) is 2.04. The molecule has 1 saturated heterocycles. The van der Waals surface area contributed by atoms with Crippen LogP contribution >= 0.6 is 0 Å². The summed E-state index contributed by atoms with van der Waals surface area (Å²) in [5.74, 6) is -2.87. The number of halogens is 2. The Hall–Kier alpha value is -1.78. The molecule has 0 saturated carbocycles. The van der Waals surface area contributed by atoms with Crippen molar-refractivity contribution in [2.24, 2.45) is 5.92 Å². The summed E-state index contributed by atoms with van der Waals surface area (Å²) >= 11 is 0. The fourth-order valence-corrected chi connectivity index (χ4v) is 2.04. The van der Waals surface area contributed by atoms with Crippen molar-refractivity contribution < 1.29 is 18.4 Å². The van der Waals surface area contributed by atoms with Crippen LogP contribution in [0.15, 0.2) is 18.2 Å². The Bertz CT molecular complexity index is 488. The van der Waals surface area contributed by atoms with Crippen molar-refractivity contribution in [1.82, 2.24) is 5.32 Å². The van der Waals surface area contributed by atoms with Gasteiger partial charge in [0.05, 0.1) is 0 Å². The molecule has 1 fully saturated rings. The molecule has 1 aromatic rings. The third-order valence-electron chi connectivity index (χ3n) is 3.07. The minimum absolute atomic E-state index is 0.0386. The monoisotopic (exact) mass is 253 g/mol. The number of carbonyl (C=O) groups excluding carboxylic acids is 2. The van der Waals surface area contributed by atoms with Crippen molar-refractivity contribution in [2.75, 3.05) is 6.54 Å². The fraction of sp³-hybridized carbons (Fsp3) is 0.385. The number of piperidine rings is 1. The number of ketones is 1. The molecule has 5 heteroatoms. The van der Waals surface area contributed by atoms with Gasteiger partial charge in [-0.05, 0) is 31.0 Å². The Balaban J connectivity index is 2.07. The number of rotatable bonds is 3. The van der Waals surface area contributed by atoms with Gasteiger partial charge in [0.1, 0.15) is 0 Å². The van der Waals surface area contributed by atoms with E-state index in [1.54, 1.807) is 0 Å². The van der Waals surface area contributed by atoms with E-state index in [1.807, 2.05) is 0 Å². The largest absolute Gasteiger partial charge is 0.356 e. The second-order valence-corrected chi connectivity index (χ2v) is 4.39. The lowest BCUT2D eigenvalue weighted by Crippen LogP contribution is -2.37. The third-order valence-corrected chi connectivity index (χ3v) is 3.07. The van der Waals surface area contributed by atoms with Gasteiger partial charge < -0.3 is 5.32 Å². The van der Waals surface area contributed by atoms with Gasteiger partial charge in [0.25, 0.3) is 0 Å². The molecule has 1 atom stereocenters. The van der Waals surface area contributed by atoms with Gasteiger partial charge in [-0.25, -0.2) is 8.78 Å². The number of benzene rings is 1. The van der Waals surface area contributed by atoms with E-state index in [1.165, 1.54) is 6.07 Å². The summed E-state index contributed by atoms with van der Waals surface area (Å²) in [5.41, 5.74) is 0.104. The van der Waals surface area contributed by atoms with Crippen molar-refractivity contribution in [3.05, 3.63) is 35.4 Å². The standard InChI is InChI=1S/C13H13F2NO2/c14-10-4-3-8(6-11(10)15)12(17)7-9-2-1-5-16-13(9)18/h3-4,6,9H,1-2,5,7H2,(H,16,18)/t9-/m1/s1. The summed E-state index contributed by atoms with van der Waals surface area (Å²) in [4.78, 5) is 23.3. The SMILES string of the molecule is O=C(C[C@H]1CCCNC1=O)c1ccc(F)c(F)c1. The Morgan fingerprint density at radius 3 is 2.78 bits per heavy atom. The van der Waals surface area contributed by atoms with Crippen LogP contribution in [0.5, 0.6) is 0 Å². The van der Waals surface area contributed by atoms with Crippen LogP contribution in [-0.2, 0) is 4.79 Å². The molecule has 0 radical (unpaired) electrons. The van der Waals surface area contributed by atoms with E-state index in [0.717, 1.165) is 18.6 Å². The van der Waals surface area contributed by atoms with Crippen molar-refractivity contribution in [3.8, 4) is 0 Å². The first-order valence-corrected chi connectivity index (χ1v) is 5.84. The molecule has 0 aliphatic carbocycles. The Morgan fingerprint density at radius 2 is 2.11 bits per heavy atom. The molecular formula is C13H13F2NO2. The highest BCUT2D eigenvalue weighted by Crippen LogP contribution is 2.19. The van der Waals surface area contributed by atoms with Crippen LogP contribution in [0, 0.1) is 17.6 Å². The maximum absolute atomic E-state index is 13.0. The molecule has 0 spiro atoms. The van der Waals surface area contributed by atoms with Crippen molar-refractivity contribution in [1.29, 1.82) is 0 Å². The molecule has 18 heavy (non-hydrogen) atoms. The van der Waals surface area contributed by atoms with E-state index in [-0.39, 0.29) is 29.6 Å². The highest BCUT2D eigenvalue weighted by Gasteiger charge is 2.25. The average Bonchev–Trinajstić information content (AvgIpc) is 2.35. The minimum Gasteiger partial charge on any atom is -0.356 e. The molecule has 1 N–H and O–H groups in total. The minimum atomic E-state index is -1.05. The Kier molecular flexibility index (Phi) is 3.69. The summed E-state index contributed by atoms with van der Waals surface area (Å²) in [6, 6.07) is 3.03. The molecule has 1 heterocycles. The number of nitrogens with one attached hydrogen (secondary N) is 1. The zero-order valence-corrected chi connectivity index (χ0v) is 9.71. The molecule has 1 aromatic carbocycles. The number of Topliss-reactive ketones (excluding diaryl/α,β-unsaturated/α-hetero) is 1. The lowest BCUT2D eigenvalue weighted by molar-refractivity contribution is -0.126. The quantitative estimate of drug-likeness (QED) is 0.838. The molecular weight excluding hydrogens is 240 g/mol. The van der Waals surface area contributed by atoms with Gasteiger partial charge in [0.2, 0.25) is 5.91 Å². The molecule has 0 bridgehead atoms. The topological polar surface area (TPSA) is 46.2 Å². The van der Waals surface area contributed by atoms with E-state index < -0.39 is 11.6 Å². The first-order chi connectivity index (χ1) is 8.58. The highest BCUT2D eigenvalue weighted by molar-refractivity contribution is 5.98. The van der Waals surface area contributed by atoms with Gasteiger partial charge in [0.15, 0.2) is 17.4 Å². The summed E-state index contributed by atoms with van der Waals surface area (Å²) in [7, 11) is 0. The number of carbonyl (C=O) groups is 2. The molecule has 1 amide bonds. The van der Waals surface area contributed by atoms with Crippen molar-refractivity contribution in [2.45, 2.75) is 19.3 Å². The summed E-state index contributed by atoms with van der Waals surface area (Å²) < 4.78 is 25.7. The zero-order chi connectivity index (χ0) is 13.1. The maximum Gasteiger partial charge on any atom is 0.223 e. The molecule has 1 aliphatic rings. The van der Waals surface area contributed by atoms with Gasteiger partial charge in [-0.2, -0.15) is 0 Å². The second kappa shape index (κ2) is 5.25. The average molecular weight is 253 g/mol. The van der Waals surface area contributed by atoms with E-state index in [4.69, 9.17) is 0 Å². The predicted molar refractivity (Wildman–Crippen MR) is 61.0 cm³/mol. The van der Waals surface area contributed by atoms with Crippen LogP contribution in [-0.4, -0.2) is 18.2 Å². The van der Waals surface area contributed by atoms with Crippen molar-refractivity contribution >= 4 is 11.7 Å². The van der Waals surface area contributed by atoms with Crippen LogP contribution in [0.4, 0.5) is 8.78 Å². The van der Waals surface area contributed by atoms with Gasteiger partial charge >= 0.3 is 0 Å². The lowest BCUT2D eigenvalue weighted by atomic mass is 9.91. The Morgan fingerprint density at radius 1 is 1.33 bits per heavy atom. The summed E-state index contributed by atoms with van der Waals surface area (Å²) in [6.45, 7) is 0.634. The highest BCUT2D eigenvalue weighted by atomic mass is 19.2. The summed E-state index contributed by atoms with van der Waals surface area (Å²) in [6.07, 6.45) is 1.53. The van der Waals surface area contributed by atoms with Gasteiger partial charge in [-0.3, -0.25) is 9.59 Å². The zero-order valence-electron chi connectivity index (χ0n) is 9.71. The van der Waals surface area contributed by atoms with Crippen LogP contribution < -0.4 is 5.32 Å². The predicted octanol–water partition coefficient (Wildman–Crippen LogP) is 2.06. The third kappa shape index (κ3) is 2.72. The first-order valence-electron chi connectivity index (χ1n) is 5.84. The molecule has 0 aromatic heterocycles. The molecule has 0 unspecified atom stereocenters. The molecule has 2 rings (SSSR count). The van der Waals surface area contributed by atoms with Crippen LogP contribution in [0.1, 0.15) is 29.6 Å². The van der Waals surface area contributed by atoms with Gasteiger partial charge in [0, 0.05) is 24.4 Å². The first kappa shape index (κ1) is 12.7. The van der Waals surface area contributed by atoms with Crippen LogP contribution in [0.2, 0.25) is 0 Å². The molecule has 96 valence electrons. The second-order valence-electron chi connectivity index (χ2n) is 4.39. The van der Waals surface area contributed by atoms with Crippen LogP contribution in [0.25, 0.3) is 0 Å². The van der Waals surface area contributed by atoms with E-state index in [2.05, 4.69) is 5.32 Å². The van der Waals surface area contributed by atoms with E-state index >= 15 is 0 Å². The van der Waals surface area contributed by atoms with E-state index in [0.29, 0.717) is 13.0 Å². The number of hydrogen-bond acceptors (Lipinski definition) is 2. The van der Waals surface area contributed by atoms with Gasteiger partial charge in [-0.15, -0.1) is 0 Å².